The average molecular weight is 296 g/mol. The molecule has 0 aliphatic carbocycles. The van der Waals surface area contributed by atoms with Gasteiger partial charge >= 0.3 is 0 Å². The molecule has 4 nitrogen and oxygen atoms in total. The van der Waals surface area contributed by atoms with Crippen LogP contribution in [-0.4, -0.2) is 19.3 Å². The first-order valence-electron chi connectivity index (χ1n) is 7.97. The molecule has 116 valence electrons. The molecule has 0 N–H and O–H groups in total. The number of hydrogen-bond acceptors (Lipinski definition) is 2. The molecule has 3 rings (SSSR count). The van der Waals surface area contributed by atoms with E-state index >= 15 is 0 Å². The SMILES string of the molecule is CC(CCC(C)c1nc2ccccc2n1C)c1ccnn1C. The van der Waals surface area contributed by atoms with Crippen molar-refractivity contribution < 1.29 is 0 Å². The van der Waals surface area contributed by atoms with E-state index in [1.807, 2.05) is 24.0 Å². The smallest absolute Gasteiger partial charge is 0.112 e. The van der Waals surface area contributed by atoms with Crippen molar-refractivity contribution >= 4 is 11.0 Å². The summed E-state index contributed by atoms with van der Waals surface area (Å²) in [6.45, 7) is 4.55. The van der Waals surface area contributed by atoms with Crippen LogP contribution in [0, 0.1) is 0 Å². The van der Waals surface area contributed by atoms with Gasteiger partial charge < -0.3 is 4.57 Å². The molecule has 0 bridgehead atoms. The van der Waals surface area contributed by atoms with Gasteiger partial charge in [-0.1, -0.05) is 26.0 Å². The Hall–Kier alpha value is -2.10. The maximum absolute atomic E-state index is 4.82. The lowest BCUT2D eigenvalue weighted by atomic mass is 9.95. The molecule has 2 atom stereocenters. The summed E-state index contributed by atoms with van der Waals surface area (Å²) in [6.07, 6.45) is 4.15. The van der Waals surface area contributed by atoms with E-state index in [-0.39, 0.29) is 0 Å². The molecule has 0 radical (unpaired) electrons. The summed E-state index contributed by atoms with van der Waals surface area (Å²) in [5.74, 6) is 2.15. The highest BCUT2D eigenvalue weighted by Crippen LogP contribution is 2.28. The van der Waals surface area contributed by atoms with Crippen LogP contribution in [-0.2, 0) is 14.1 Å². The normalized spacial score (nSPS) is 14.4. The van der Waals surface area contributed by atoms with E-state index < -0.39 is 0 Å². The molecular formula is C18H24N4. The Kier molecular flexibility index (Phi) is 4.01. The summed E-state index contributed by atoms with van der Waals surface area (Å²) in [5.41, 5.74) is 3.60. The third kappa shape index (κ3) is 2.65. The van der Waals surface area contributed by atoms with E-state index in [1.54, 1.807) is 0 Å². The number of aromatic nitrogens is 4. The second-order valence-electron chi connectivity index (χ2n) is 6.28. The number of aryl methyl sites for hydroxylation is 2. The van der Waals surface area contributed by atoms with Crippen molar-refractivity contribution in [1.82, 2.24) is 19.3 Å². The molecule has 0 saturated carbocycles. The lowest BCUT2D eigenvalue weighted by Gasteiger charge is -2.16. The zero-order valence-electron chi connectivity index (χ0n) is 13.8. The lowest BCUT2D eigenvalue weighted by molar-refractivity contribution is 0.523. The molecule has 0 aliphatic heterocycles. The molecular weight excluding hydrogens is 272 g/mol. The Bertz CT molecular complexity index is 768. The van der Waals surface area contributed by atoms with Gasteiger partial charge in [0.25, 0.3) is 0 Å². The first kappa shape index (κ1) is 14.8. The zero-order chi connectivity index (χ0) is 15.7. The molecule has 0 spiro atoms. The number of hydrogen-bond donors (Lipinski definition) is 0. The van der Waals surface area contributed by atoms with Gasteiger partial charge in [-0.05, 0) is 37.0 Å². The van der Waals surface area contributed by atoms with E-state index in [0.717, 1.165) is 18.4 Å². The van der Waals surface area contributed by atoms with Crippen LogP contribution in [0.4, 0.5) is 0 Å². The van der Waals surface area contributed by atoms with Gasteiger partial charge in [0, 0.05) is 31.9 Å². The van der Waals surface area contributed by atoms with Gasteiger partial charge in [-0.15, -0.1) is 0 Å². The molecule has 0 aliphatic rings. The van der Waals surface area contributed by atoms with Crippen molar-refractivity contribution in [3.63, 3.8) is 0 Å². The Balaban J connectivity index is 1.72. The summed E-state index contributed by atoms with van der Waals surface area (Å²) >= 11 is 0. The van der Waals surface area contributed by atoms with Gasteiger partial charge in [-0.3, -0.25) is 4.68 Å². The standard InChI is InChI=1S/C18H24N4/c1-13(16-11-12-19-22(16)4)9-10-14(2)18-20-15-7-5-6-8-17(15)21(18)3/h5-8,11-14H,9-10H2,1-4H3. The van der Waals surface area contributed by atoms with Crippen LogP contribution in [0.5, 0.6) is 0 Å². The van der Waals surface area contributed by atoms with Crippen LogP contribution in [0.2, 0.25) is 0 Å². The Morgan fingerprint density at radius 1 is 1.00 bits per heavy atom. The predicted octanol–water partition coefficient (Wildman–Crippen LogP) is 3.99. The summed E-state index contributed by atoms with van der Waals surface area (Å²) in [5, 5.41) is 4.27. The van der Waals surface area contributed by atoms with Crippen LogP contribution in [0.3, 0.4) is 0 Å². The van der Waals surface area contributed by atoms with Crippen LogP contribution >= 0.6 is 0 Å². The second-order valence-corrected chi connectivity index (χ2v) is 6.28. The molecule has 2 heterocycles. The largest absolute Gasteiger partial charge is 0.331 e. The van der Waals surface area contributed by atoms with Crippen molar-refractivity contribution in [1.29, 1.82) is 0 Å². The predicted molar refractivity (Wildman–Crippen MR) is 90.0 cm³/mol. The van der Waals surface area contributed by atoms with Crippen molar-refractivity contribution in [3.05, 3.63) is 48.0 Å². The van der Waals surface area contributed by atoms with Gasteiger partial charge in [0.1, 0.15) is 5.82 Å². The number of nitrogens with zero attached hydrogens (tertiary/aromatic N) is 4. The lowest BCUT2D eigenvalue weighted by Crippen LogP contribution is -2.07. The van der Waals surface area contributed by atoms with E-state index in [9.17, 15) is 0 Å². The van der Waals surface area contributed by atoms with E-state index in [1.165, 1.54) is 17.0 Å². The van der Waals surface area contributed by atoms with Gasteiger partial charge in [0.15, 0.2) is 0 Å². The Morgan fingerprint density at radius 3 is 2.41 bits per heavy atom. The van der Waals surface area contributed by atoms with Gasteiger partial charge in [0.05, 0.1) is 11.0 Å². The number of rotatable bonds is 5. The van der Waals surface area contributed by atoms with Crippen LogP contribution in [0.1, 0.15) is 50.0 Å². The Morgan fingerprint density at radius 2 is 1.73 bits per heavy atom. The van der Waals surface area contributed by atoms with Crippen LogP contribution < -0.4 is 0 Å². The number of imidazole rings is 1. The van der Waals surface area contributed by atoms with E-state index in [4.69, 9.17) is 4.98 Å². The summed E-state index contributed by atoms with van der Waals surface area (Å²) in [4.78, 5) is 4.82. The van der Waals surface area contributed by atoms with Crippen LogP contribution in [0.15, 0.2) is 36.5 Å². The fourth-order valence-electron chi connectivity index (χ4n) is 3.25. The Labute approximate surface area is 131 Å². The highest BCUT2D eigenvalue weighted by atomic mass is 15.3. The van der Waals surface area contributed by atoms with Gasteiger partial charge in [-0.25, -0.2) is 4.98 Å². The topological polar surface area (TPSA) is 35.6 Å². The van der Waals surface area contributed by atoms with E-state index in [0.29, 0.717) is 11.8 Å². The zero-order valence-corrected chi connectivity index (χ0v) is 13.8. The molecule has 2 unspecified atom stereocenters. The first-order valence-corrected chi connectivity index (χ1v) is 7.97. The van der Waals surface area contributed by atoms with Gasteiger partial charge in [-0.2, -0.15) is 5.10 Å². The quantitative estimate of drug-likeness (QED) is 0.713. The van der Waals surface area contributed by atoms with Crippen molar-refractivity contribution in [2.24, 2.45) is 14.1 Å². The molecule has 0 saturated heterocycles. The molecule has 3 aromatic rings. The number of para-hydroxylation sites is 2. The van der Waals surface area contributed by atoms with Crippen molar-refractivity contribution in [3.8, 4) is 0 Å². The molecule has 0 fully saturated rings. The molecule has 4 heteroatoms. The van der Waals surface area contributed by atoms with Crippen molar-refractivity contribution in [2.75, 3.05) is 0 Å². The minimum atomic E-state index is 0.452. The second kappa shape index (κ2) is 5.95. The van der Waals surface area contributed by atoms with Gasteiger partial charge in [0.2, 0.25) is 0 Å². The molecule has 2 aromatic heterocycles. The minimum Gasteiger partial charge on any atom is -0.331 e. The fourth-order valence-corrected chi connectivity index (χ4v) is 3.25. The van der Waals surface area contributed by atoms with Crippen LogP contribution in [0.25, 0.3) is 11.0 Å². The molecule has 22 heavy (non-hydrogen) atoms. The molecule has 1 aromatic carbocycles. The maximum atomic E-state index is 4.82. The average Bonchev–Trinajstić information content (AvgIpc) is 3.09. The minimum absolute atomic E-state index is 0.452. The highest BCUT2D eigenvalue weighted by molar-refractivity contribution is 5.75. The first-order chi connectivity index (χ1) is 10.6. The summed E-state index contributed by atoms with van der Waals surface area (Å²) in [7, 11) is 4.13. The maximum Gasteiger partial charge on any atom is 0.112 e. The number of benzene rings is 1. The summed E-state index contributed by atoms with van der Waals surface area (Å²) < 4.78 is 4.21. The monoisotopic (exact) mass is 296 g/mol. The highest BCUT2D eigenvalue weighted by Gasteiger charge is 2.17. The molecule has 0 amide bonds. The fraction of sp³-hybridized carbons (Fsp3) is 0.444. The third-order valence-electron chi connectivity index (χ3n) is 4.66. The van der Waals surface area contributed by atoms with Crippen molar-refractivity contribution in [2.45, 2.75) is 38.5 Å². The number of fused-ring (bicyclic) bond motifs is 1. The summed E-state index contributed by atoms with van der Waals surface area (Å²) in [6, 6.07) is 10.5. The van der Waals surface area contributed by atoms with E-state index in [2.05, 4.69) is 54.8 Å². The third-order valence-corrected chi connectivity index (χ3v) is 4.66.